The van der Waals surface area contributed by atoms with Crippen molar-refractivity contribution in [1.29, 1.82) is 0 Å². The Kier molecular flexibility index (Phi) is 3.61. The van der Waals surface area contributed by atoms with Gasteiger partial charge in [0.2, 0.25) is 0 Å². The first-order valence-electron chi connectivity index (χ1n) is 6.04. The van der Waals surface area contributed by atoms with Crippen LogP contribution in [0.15, 0.2) is 17.3 Å². The minimum absolute atomic E-state index is 0.445. The van der Waals surface area contributed by atoms with Crippen molar-refractivity contribution in [3.8, 4) is 0 Å². The van der Waals surface area contributed by atoms with E-state index in [0.29, 0.717) is 6.04 Å². The van der Waals surface area contributed by atoms with Gasteiger partial charge in [0.05, 0.1) is 0 Å². The van der Waals surface area contributed by atoms with Crippen molar-refractivity contribution in [2.45, 2.75) is 18.9 Å². The molecule has 0 bridgehead atoms. The summed E-state index contributed by atoms with van der Waals surface area (Å²) in [6, 6.07) is 0.445. The molecule has 0 aromatic rings. The fourth-order valence-corrected chi connectivity index (χ4v) is 3.11. The number of hydrogen-bond acceptors (Lipinski definition) is 4. The molecule has 4 nitrogen and oxygen atoms in total. The van der Waals surface area contributed by atoms with E-state index in [1.807, 2.05) is 13.1 Å². The third-order valence-electron chi connectivity index (χ3n) is 3.82. The highest BCUT2D eigenvalue weighted by Crippen LogP contribution is 2.36. The zero-order valence-electron chi connectivity index (χ0n) is 9.97. The van der Waals surface area contributed by atoms with Crippen LogP contribution in [0.2, 0.25) is 0 Å². The summed E-state index contributed by atoms with van der Waals surface area (Å²) >= 11 is 0. The van der Waals surface area contributed by atoms with Crippen LogP contribution >= 0.6 is 0 Å². The second-order valence-corrected chi connectivity index (χ2v) is 5.02. The van der Waals surface area contributed by atoms with Crippen LogP contribution in [0, 0.1) is 11.8 Å². The van der Waals surface area contributed by atoms with E-state index in [4.69, 9.17) is 11.5 Å². The first-order valence-corrected chi connectivity index (χ1v) is 6.04. The summed E-state index contributed by atoms with van der Waals surface area (Å²) in [7, 11) is 1.82. The van der Waals surface area contributed by atoms with Crippen LogP contribution in [-0.4, -0.2) is 43.3 Å². The molecule has 4 heteroatoms. The quantitative estimate of drug-likeness (QED) is 0.670. The first-order chi connectivity index (χ1) is 7.72. The third kappa shape index (κ3) is 2.44. The molecule has 4 N–H and O–H groups in total. The van der Waals surface area contributed by atoms with Gasteiger partial charge in [-0.2, -0.15) is 0 Å². The minimum atomic E-state index is 0.445. The highest BCUT2D eigenvalue weighted by atomic mass is 15.2. The van der Waals surface area contributed by atoms with E-state index in [9.17, 15) is 0 Å². The molecule has 0 radical (unpaired) electrons. The topological polar surface area (TPSA) is 67.6 Å². The second kappa shape index (κ2) is 4.97. The molecule has 0 aromatic heterocycles. The maximum atomic E-state index is 5.98. The van der Waals surface area contributed by atoms with Crippen LogP contribution in [0.4, 0.5) is 0 Å². The van der Waals surface area contributed by atoms with Gasteiger partial charge >= 0.3 is 0 Å². The van der Waals surface area contributed by atoms with Gasteiger partial charge in [-0.3, -0.25) is 9.89 Å². The van der Waals surface area contributed by atoms with Crippen LogP contribution in [0.5, 0.6) is 0 Å². The number of aliphatic imine (C=N–C) groups is 1. The largest absolute Gasteiger partial charge is 0.405 e. The summed E-state index contributed by atoms with van der Waals surface area (Å²) in [6.45, 7) is 3.28. The Bertz CT molecular complexity index is 283. The lowest BCUT2D eigenvalue weighted by atomic mass is 10.0. The number of likely N-dealkylation sites (tertiary alicyclic amines) is 1. The highest BCUT2D eigenvalue weighted by Gasteiger charge is 2.39. The van der Waals surface area contributed by atoms with E-state index in [0.717, 1.165) is 24.1 Å². The average molecular weight is 222 g/mol. The zero-order chi connectivity index (χ0) is 11.5. The van der Waals surface area contributed by atoms with Crippen LogP contribution in [0.1, 0.15) is 12.8 Å². The standard InChI is InChI=1S/C12H22N4/c1-15-12(2-3-13)8-16-6-9-4-11(14)5-10(9)7-16/h2-3,9-11H,4-8,13-14H2,1H3/b3-2-,15-12?/t9-,10+,11?. The van der Waals surface area contributed by atoms with Crippen LogP contribution in [-0.2, 0) is 0 Å². The molecule has 1 unspecified atom stereocenters. The molecule has 90 valence electrons. The van der Waals surface area contributed by atoms with E-state index in [1.54, 1.807) is 6.20 Å². The lowest BCUT2D eigenvalue weighted by Crippen LogP contribution is -2.29. The maximum Gasteiger partial charge on any atom is 0.0499 e. The number of nitrogens with zero attached hydrogens (tertiary/aromatic N) is 2. The molecule has 2 fully saturated rings. The van der Waals surface area contributed by atoms with Crippen molar-refractivity contribution < 1.29 is 0 Å². The molecule has 2 aliphatic rings. The Morgan fingerprint density at radius 1 is 1.38 bits per heavy atom. The Morgan fingerprint density at radius 2 is 2.00 bits per heavy atom. The van der Waals surface area contributed by atoms with Crippen molar-refractivity contribution in [3.05, 3.63) is 12.3 Å². The molecular formula is C12H22N4. The average Bonchev–Trinajstić information content (AvgIpc) is 2.73. The molecule has 0 amide bonds. The molecule has 1 aliphatic heterocycles. The van der Waals surface area contributed by atoms with Gasteiger partial charge in [0.15, 0.2) is 0 Å². The van der Waals surface area contributed by atoms with E-state index >= 15 is 0 Å². The Hall–Kier alpha value is -0.870. The molecule has 2 rings (SSSR count). The summed E-state index contributed by atoms with van der Waals surface area (Å²) in [5, 5.41) is 0. The molecule has 1 heterocycles. The van der Waals surface area contributed by atoms with Gasteiger partial charge in [-0.1, -0.05) is 0 Å². The van der Waals surface area contributed by atoms with Gasteiger partial charge in [0.25, 0.3) is 0 Å². The fourth-order valence-electron chi connectivity index (χ4n) is 3.11. The molecule has 0 spiro atoms. The summed E-state index contributed by atoms with van der Waals surface area (Å²) in [5.41, 5.74) is 12.4. The molecule has 16 heavy (non-hydrogen) atoms. The molecule has 0 aromatic carbocycles. The Morgan fingerprint density at radius 3 is 2.50 bits per heavy atom. The number of nitrogens with two attached hydrogens (primary N) is 2. The van der Waals surface area contributed by atoms with E-state index < -0.39 is 0 Å². The minimum Gasteiger partial charge on any atom is -0.405 e. The van der Waals surface area contributed by atoms with Crippen LogP contribution in [0.25, 0.3) is 0 Å². The molecule has 3 atom stereocenters. The van der Waals surface area contributed by atoms with Gasteiger partial charge in [-0.15, -0.1) is 0 Å². The molecular weight excluding hydrogens is 200 g/mol. The predicted octanol–water partition coefficient (Wildman–Crippen LogP) is 0.199. The summed E-state index contributed by atoms with van der Waals surface area (Å²) in [6.07, 6.45) is 5.86. The number of fused-ring (bicyclic) bond motifs is 1. The van der Waals surface area contributed by atoms with Crippen LogP contribution < -0.4 is 11.5 Å². The highest BCUT2D eigenvalue weighted by molar-refractivity contribution is 5.96. The predicted molar refractivity (Wildman–Crippen MR) is 67.3 cm³/mol. The monoisotopic (exact) mass is 222 g/mol. The van der Waals surface area contributed by atoms with Gasteiger partial charge < -0.3 is 11.5 Å². The van der Waals surface area contributed by atoms with E-state index in [-0.39, 0.29) is 0 Å². The second-order valence-electron chi connectivity index (χ2n) is 5.02. The van der Waals surface area contributed by atoms with Crippen molar-refractivity contribution in [2.24, 2.45) is 28.3 Å². The van der Waals surface area contributed by atoms with Gasteiger partial charge in [-0.05, 0) is 37.0 Å². The summed E-state index contributed by atoms with van der Waals surface area (Å²) in [5.74, 6) is 1.63. The van der Waals surface area contributed by atoms with Crippen molar-refractivity contribution >= 4 is 5.71 Å². The smallest absolute Gasteiger partial charge is 0.0499 e. The van der Waals surface area contributed by atoms with Crippen LogP contribution in [0.3, 0.4) is 0 Å². The Labute approximate surface area is 97.4 Å². The van der Waals surface area contributed by atoms with Gasteiger partial charge in [0, 0.05) is 38.4 Å². The van der Waals surface area contributed by atoms with Gasteiger partial charge in [0.1, 0.15) is 0 Å². The van der Waals surface area contributed by atoms with Gasteiger partial charge in [-0.25, -0.2) is 0 Å². The van der Waals surface area contributed by atoms with Crippen molar-refractivity contribution in [3.63, 3.8) is 0 Å². The number of rotatable bonds is 3. The normalized spacial score (nSPS) is 36.1. The fraction of sp³-hybridized carbons (Fsp3) is 0.750. The summed E-state index contributed by atoms with van der Waals surface area (Å²) in [4.78, 5) is 6.71. The Balaban J connectivity index is 1.86. The van der Waals surface area contributed by atoms with E-state index in [1.165, 1.54) is 25.9 Å². The maximum absolute atomic E-state index is 5.98. The number of hydrogen-bond donors (Lipinski definition) is 2. The third-order valence-corrected chi connectivity index (χ3v) is 3.82. The molecule has 1 saturated carbocycles. The lowest BCUT2D eigenvalue weighted by Gasteiger charge is -2.17. The molecule has 1 saturated heterocycles. The first kappa shape index (κ1) is 11.6. The summed E-state index contributed by atoms with van der Waals surface area (Å²) < 4.78 is 0. The zero-order valence-corrected chi connectivity index (χ0v) is 9.97. The SMILES string of the molecule is CN=C(/C=C\N)CN1C[C@H]2CC(N)C[C@H]2C1. The van der Waals surface area contributed by atoms with E-state index in [2.05, 4.69) is 9.89 Å². The van der Waals surface area contributed by atoms with Crippen molar-refractivity contribution in [1.82, 2.24) is 4.90 Å². The van der Waals surface area contributed by atoms with Crippen molar-refractivity contribution in [2.75, 3.05) is 26.7 Å². The molecule has 1 aliphatic carbocycles. The lowest BCUT2D eigenvalue weighted by molar-refractivity contribution is 0.348.